The molecule has 0 saturated heterocycles. The highest BCUT2D eigenvalue weighted by Gasteiger charge is 2.43. The average Bonchev–Trinajstić information content (AvgIpc) is 3.13. The third-order valence-corrected chi connectivity index (χ3v) is 6.54. The molecule has 0 radical (unpaired) electrons. The first-order valence-electron chi connectivity index (χ1n) is 11.1. The number of aromatic hydroxyl groups is 6. The van der Waals surface area contributed by atoms with Crippen LogP contribution in [-0.2, 0) is 0 Å². The van der Waals surface area contributed by atoms with Crippen LogP contribution in [0.25, 0.3) is 6.08 Å². The van der Waals surface area contributed by atoms with Gasteiger partial charge in [-0.3, -0.25) is 0 Å². The highest BCUT2D eigenvalue weighted by atomic mass is 16.3. The smallest absolute Gasteiger partial charge is 0.123 e. The molecule has 0 heterocycles. The summed E-state index contributed by atoms with van der Waals surface area (Å²) < 4.78 is 0. The fourth-order valence-corrected chi connectivity index (χ4v) is 5.13. The second kappa shape index (κ2) is 8.65. The van der Waals surface area contributed by atoms with Gasteiger partial charge in [-0.25, -0.2) is 0 Å². The lowest BCUT2D eigenvalue weighted by Crippen LogP contribution is -2.11. The first-order valence-corrected chi connectivity index (χ1v) is 11.1. The van der Waals surface area contributed by atoms with E-state index in [9.17, 15) is 30.6 Å². The van der Waals surface area contributed by atoms with E-state index in [0.717, 1.165) is 11.1 Å². The lowest BCUT2D eigenvalue weighted by atomic mass is 9.77. The maximum Gasteiger partial charge on any atom is 0.123 e. The minimum absolute atomic E-state index is 0.0621. The number of benzene rings is 4. The Morgan fingerprint density at radius 2 is 1.11 bits per heavy atom. The maximum atomic E-state index is 10.9. The van der Waals surface area contributed by atoms with Crippen LogP contribution in [0.2, 0.25) is 0 Å². The molecule has 6 heteroatoms. The van der Waals surface area contributed by atoms with E-state index >= 15 is 0 Å². The fraction of sp³-hybridized carbons (Fsp3) is 0.103. The predicted octanol–water partition coefficient (Wildman–Crippen LogP) is 5.65. The molecule has 0 aromatic heterocycles. The molecule has 3 unspecified atom stereocenters. The van der Waals surface area contributed by atoms with Crippen LogP contribution >= 0.6 is 0 Å². The number of hydrogen-bond acceptors (Lipinski definition) is 6. The maximum absolute atomic E-state index is 10.9. The van der Waals surface area contributed by atoms with Gasteiger partial charge in [0.25, 0.3) is 0 Å². The normalized spacial score (nSPS) is 19.1. The Labute approximate surface area is 201 Å². The van der Waals surface area contributed by atoms with Gasteiger partial charge < -0.3 is 30.6 Å². The van der Waals surface area contributed by atoms with Gasteiger partial charge in [0.05, 0.1) is 0 Å². The van der Waals surface area contributed by atoms with Gasteiger partial charge in [-0.1, -0.05) is 36.4 Å². The van der Waals surface area contributed by atoms with Crippen molar-refractivity contribution < 1.29 is 30.6 Å². The Hall–Kier alpha value is -4.58. The van der Waals surface area contributed by atoms with Crippen LogP contribution in [0.15, 0.2) is 84.9 Å². The topological polar surface area (TPSA) is 121 Å². The molecule has 0 saturated carbocycles. The number of allylic oxidation sites excluding steroid dienone is 1. The molecule has 3 atom stereocenters. The number of hydrogen-bond donors (Lipinski definition) is 6. The summed E-state index contributed by atoms with van der Waals surface area (Å²) in [7, 11) is 0. The van der Waals surface area contributed by atoms with Crippen molar-refractivity contribution in [1.29, 1.82) is 0 Å². The molecule has 0 fully saturated rings. The van der Waals surface area contributed by atoms with Crippen molar-refractivity contribution in [2.24, 2.45) is 0 Å². The van der Waals surface area contributed by atoms with Gasteiger partial charge in [-0.05, 0) is 64.7 Å². The van der Waals surface area contributed by atoms with Gasteiger partial charge in [-0.2, -0.15) is 0 Å². The minimum Gasteiger partial charge on any atom is -0.508 e. The zero-order valence-corrected chi connectivity index (χ0v) is 18.6. The third-order valence-electron chi connectivity index (χ3n) is 6.54. The molecule has 4 aromatic rings. The van der Waals surface area contributed by atoms with E-state index < -0.39 is 5.92 Å². The van der Waals surface area contributed by atoms with Gasteiger partial charge in [-0.15, -0.1) is 0 Å². The second-order valence-corrected chi connectivity index (χ2v) is 8.82. The SMILES string of the molecule is Oc1ccc(/C=C/C2c3cc(O)cc(O)c3C(c3ccc(O)cc3)C2c2cc(O)cc(O)c2)cc1. The van der Waals surface area contributed by atoms with Crippen molar-refractivity contribution in [3.05, 3.63) is 113 Å². The molecule has 35 heavy (non-hydrogen) atoms. The van der Waals surface area contributed by atoms with Crippen molar-refractivity contribution >= 4 is 6.08 Å². The first-order chi connectivity index (χ1) is 16.8. The van der Waals surface area contributed by atoms with Crippen molar-refractivity contribution in [2.45, 2.75) is 17.8 Å². The average molecular weight is 469 g/mol. The largest absolute Gasteiger partial charge is 0.508 e. The van der Waals surface area contributed by atoms with Crippen LogP contribution in [0.4, 0.5) is 0 Å². The summed E-state index contributed by atoms with van der Waals surface area (Å²) in [6.07, 6.45) is 3.85. The van der Waals surface area contributed by atoms with Crippen molar-refractivity contribution in [3.8, 4) is 34.5 Å². The Morgan fingerprint density at radius 1 is 0.543 bits per heavy atom. The second-order valence-electron chi connectivity index (χ2n) is 8.82. The highest BCUT2D eigenvalue weighted by Crippen LogP contribution is 2.59. The molecule has 1 aliphatic rings. The summed E-state index contributed by atoms with van der Waals surface area (Å²) in [5.74, 6) is -1.17. The van der Waals surface area contributed by atoms with Crippen LogP contribution in [0, 0.1) is 0 Å². The number of fused-ring (bicyclic) bond motifs is 1. The monoisotopic (exact) mass is 468 g/mol. The van der Waals surface area contributed by atoms with E-state index in [-0.39, 0.29) is 46.3 Å². The minimum atomic E-state index is -0.401. The number of phenolic OH excluding ortho intramolecular Hbond substituents is 6. The lowest BCUT2D eigenvalue weighted by molar-refractivity contribution is 0.443. The quantitative estimate of drug-likeness (QED) is 0.230. The molecule has 0 bridgehead atoms. The lowest BCUT2D eigenvalue weighted by Gasteiger charge is -2.26. The molecule has 0 spiro atoms. The predicted molar refractivity (Wildman–Crippen MR) is 132 cm³/mol. The number of phenols is 6. The molecule has 176 valence electrons. The van der Waals surface area contributed by atoms with Crippen LogP contribution in [0.1, 0.15) is 45.6 Å². The van der Waals surface area contributed by atoms with Crippen LogP contribution in [0.3, 0.4) is 0 Å². The molecule has 6 N–H and O–H groups in total. The summed E-state index contributed by atoms with van der Waals surface area (Å²) in [6, 6.07) is 20.8. The molecule has 6 nitrogen and oxygen atoms in total. The third kappa shape index (κ3) is 4.22. The first kappa shape index (κ1) is 22.2. The van der Waals surface area contributed by atoms with Crippen molar-refractivity contribution in [2.75, 3.05) is 0 Å². The molecule has 4 aromatic carbocycles. The summed E-state index contributed by atoms with van der Waals surface area (Å²) in [5.41, 5.74) is 3.65. The number of rotatable bonds is 4. The molecule has 5 rings (SSSR count). The highest BCUT2D eigenvalue weighted by molar-refractivity contribution is 5.63. The van der Waals surface area contributed by atoms with E-state index in [2.05, 4.69) is 0 Å². The van der Waals surface area contributed by atoms with Gasteiger partial charge in [0.2, 0.25) is 0 Å². The Kier molecular flexibility index (Phi) is 5.49. The standard InChI is InChI=1S/C29H24O6/c30-19-6-1-16(2-7-19)3-10-24-25-14-23(34)15-26(35)29(25)28(17-4-8-20(31)9-5-17)27(24)18-11-21(32)13-22(33)12-18/h1-15,24,27-28,30-35H/b10-3+. The molecular weight excluding hydrogens is 444 g/mol. The summed E-state index contributed by atoms with van der Waals surface area (Å²) >= 11 is 0. The zero-order valence-electron chi connectivity index (χ0n) is 18.6. The van der Waals surface area contributed by atoms with Crippen molar-refractivity contribution in [3.63, 3.8) is 0 Å². The summed E-state index contributed by atoms with van der Waals surface area (Å²) in [4.78, 5) is 0. The zero-order chi connectivity index (χ0) is 24.7. The van der Waals surface area contributed by atoms with Gasteiger partial charge in [0, 0.05) is 35.4 Å². The van der Waals surface area contributed by atoms with Crippen LogP contribution in [0.5, 0.6) is 34.5 Å². The Balaban J connectivity index is 1.74. The molecule has 0 amide bonds. The van der Waals surface area contributed by atoms with E-state index in [1.54, 1.807) is 66.7 Å². The van der Waals surface area contributed by atoms with Crippen molar-refractivity contribution in [1.82, 2.24) is 0 Å². The van der Waals surface area contributed by atoms with Crippen LogP contribution < -0.4 is 0 Å². The molecular formula is C29H24O6. The van der Waals surface area contributed by atoms with Gasteiger partial charge >= 0.3 is 0 Å². The Morgan fingerprint density at radius 3 is 1.74 bits per heavy atom. The summed E-state index contributed by atoms with van der Waals surface area (Å²) in [6.45, 7) is 0. The molecule has 1 aliphatic carbocycles. The van der Waals surface area contributed by atoms with E-state index in [1.165, 1.54) is 12.1 Å². The fourth-order valence-electron chi connectivity index (χ4n) is 5.13. The van der Waals surface area contributed by atoms with Gasteiger partial charge in [0.1, 0.15) is 34.5 Å². The van der Waals surface area contributed by atoms with E-state index in [1.807, 2.05) is 12.2 Å². The summed E-state index contributed by atoms with van der Waals surface area (Å²) in [5, 5.41) is 61.2. The van der Waals surface area contributed by atoms with Crippen LogP contribution in [-0.4, -0.2) is 30.6 Å². The molecule has 0 aliphatic heterocycles. The van der Waals surface area contributed by atoms with E-state index in [0.29, 0.717) is 16.7 Å². The van der Waals surface area contributed by atoms with E-state index in [4.69, 9.17) is 0 Å². The van der Waals surface area contributed by atoms with Gasteiger partial charge in [0.15, 0.2) is 0 Å². The Bertz CT molecular complexity index is 1390.